The Bertz CT molecular complexity index is 352. The number of phenolic OH excluding ortho intramolecular Hbond substituents is 1. The van der Waals surface area contributed by atoms with E-state index in [-0.39, 0.29) is 0 Å². The quantitative estimate of drug-likeness (QED) is 0.607. The Morgan fingerprint density at radius 3 is 2.41 bits per heavy atom. The van der Waals surface area contributed by atoms with E-state index in [0.29, 0.717) is 17.7 Å². The molecule has 1 saturated carbocycles. The summed E-state index contributed by atoms with van der Waals surface area (Å²) in [6.45, 7) is 3.94. The van der Waals surface area contributed by atoms with Gasteiger partial charge in [0, 0.05) is 11.7 Å². The molecule has 1 fully saturated rings. The molecule has 2 N–H and O–H groups in total. The molecule has 0 amide bonds. The zero-order valence-electron chi connectivity index (χ0n) is 10.2. The summed E-state index contributed by atoms with van der Waals surface area (Å²) in [7, 11) is 0. The van der Waals surface area contributed by atoms with Gasteiger partial charge in [0.05, 0.1) is 0 Å². The summed E-state index contributed by atoms with van der Waals surface area (Å²) in [5.74, 6) is 1.01. The van der Waals surface area contributed by atoms with Crippen molar-refractivity contribution < 1.29 is 5.11 Å². The average Bonchev–Trinajstić information content (AvgIpc) is 2.39. The number of hydrogen-bond donors (Lipinski definition) is 2. The Hall–Kier alpha value is -1.44. The van der Waals surface area contributed by atoms with Gasteiger partial charge in [0.25, 0.3) is 0 Å². The van der Waals surface area contributed by atoms with Gasteiger partial charge in [-0.15, -0.1) is 6.58 Å². The number of benzene rings is 1. The third-order valence-electron chi connectivity index (χ3n) is 3.61. The first kappa shape index (κ1) is 12.0. The Morgan fingerprint density at radius 1 is 1.18 bits per heavy atom. The van der Waals surface area contributed by atoms with Gasteiger partial charge in [0.2, 0.25) is 0 Å². The molecule has 1 aliphatic carbocycles. The first-order chi connectivity index (χ1) is 8.29. The standard InChI is InChI=1S/C15H21NO/c1-2-15(12-6-4-3-5-7-12)16-13-8-10-14(17)11-9-13/h2,8-12,15-17H,1,3-7H2/t15-/m0/s1. The van der Waals surface area contributed by atoms with Gasteiger partial charge in [-0.3, -0.25) is 0 Å². The van der Waals surface area contributed by atoms with Crippen LogP contribution in [0.5, 0.6) is 5.75 Å². The summed E-state index contributed by atoms with van der Waals surface area (Å²) in [6.07, 6.45) is 8.66. The Morgan fingerprint density at radius 2 is 1.82 bits per heavy atom. The molecule has 0 saturated heterocycles. The summed E-state index contributed by atoms with van der Waals surface area (Å²) in [5.41, 5.74) is 1.05. The molecule has 1 aliphatic rings. The second-order valence-electron chi connectivity index (χ2n) is 4.85. The van der Waals surface area contributed by atoms with Gasteiger partial charge in [0.15, 0.2) is 0 Å². The van der Waals surface area contributed by atoms with Crippen molar-refractivity contribution in [2.75, 3.05) is 5.32 Å². The Labute approximate surface area is 103 Å². The summed E-state index contributed by atoms with van der Waals surface area (Å²) in [6, 6.07) is 7.59. The minimum Gasteiger partial charge on any atom is -0.508 e. The highest BCUT2D eigenvalue weighted by molar-refractivity contribution is 5.47. The molecule has 1 atom stereocenters. The van der Waals surface area contributed by atoms with Gasteiger partial charge >= 0.3 is 0 Å². The molecule has 0 aromatic heterocycles. The first-order valence-electron chi connectivity index (χ1n) is 6.48. The molecule has 0 aliphatic heterocycles. The number of rotatable bonds is 4. The van der Waals surface area contributed by atoms with Crippen LogP contribution in [0.15, 0.2) is 36.9 Å². The average molecular weight is 231 g/mol. The fourth-order valence-corrected chi connectivity index (χ4v) is 2.61. The van der Waals surface area contributed by atoms with Crippen molar-refractivity contribution in [1.29, 1.82) is 0 Å². The minimum absolute atomic E-state index is 0.309. The van der Waals surface area contributed by atoms with Gasteiger partial charge in [0.1, 0.15) is 5.75 Å². The van der Waals surface area contributed by atoms with Crippen LogP contribution in [0.4, 0.5) is 5.69 Å². The van der Waals surface area contributed by atoms with Crippen molar-refractivity contribution in [3.05, 3.63) is 36.9 Å². The second kappa shape index (κ2) is 5.76. The zero-order valence-corrected chi connectivity index (χ0v) is 10.2. The lowest BCUT2D eigenvalue weighted by molar-refractivity contribution is 0.343. The van der Waals surface area contributed by atoms with Crippen LogP contribution < -0.4 is 5.32 Å². The number of anilines is 1. The first-order valence-corrected chi connectivity index (χ1v) is 6.48. The Kier molecular flexibility index (Phi) is 4.08. The van der Waals surface area contributed by atoms with Gasteiger partial charge in [-0.05, 0) is 43.0 Å². The van der Waals surface area contributed by atoms with E-state index in [0.717, 1.165) is 5.69 Å². The van der Waals surface area contributed by atoms with E-state index < -0.39 is 0 Å². The van der Waals surface area contributed by atoms with E-state index in [2.05, 4.69) is 11.9 Å². The number of nitrogens with one attached hydrogen (secondary N) is 1. The minimum atomic E-state index is 0.309. The molecule has 0 spiro atoms. The monoisotopic (exact) mass is 231 g/mol. The summed E-state index contributed by atoms with van der Waals surface area (Å²) in [4.78, 5) is 0. The molecule has 2 nitrogen and oxygen atoms in total. The van der Waals surface area contributed by atoms with Crippen molar-refractivity contribution in [1.82, 2.24) is 0 Å². The normalized spacial score (nSPS) is 18.6. The van der Waals surface area contributed by atoms with Gasteiger partial charge in [-0.25, -0.2) is 0 Å². The van der Waals surface area contributed by atoms with Crippen LogP contribution in [0, 0.1) is 5.92 Å². The van der Waals surface area contributed by atoms with Crippen LogP contribution in [0.2, 0.25) is 0 Å². The molecule has 92 valence electrons. The molecule has 0 heterocycles. The lowest BCUT2D eigenvalue weighted by Crippen LogP contribution is -2.28. The van der Waals surface area contributed by atoms with E-state index in [1.807, 2.05) is 18.2 Å². The van der Waals surface area contributed by atoms with Crippen LogP contribution in [-0.2, 0) is 0 Å². The van der Waals surface area contributed by atoms with Gasteiger partial charge < -0.3 is 10.4 Å². The highest BCUT2D eigenvalue weighted by Gasteiger charge is 2.20. The molecular formula is C15H21NO. The molecule has 1 aromatic rings. The van der Waals surface area contributed by atoms with Crippen molar-refractivity contribution >= 4 is 5.69 Å². The van der Waals surface area contributed by atoms with E-state index >= 15 is 0 Å². The second-order valence-corrected chi connectivity index (χ2v) is 4.85. The molecule has 0 radical (unpaired) electrons. The molecule has 0 unspecified atom stereocenters. The van der Waals surface area contributed by atoms with Crippen LogP contribution in [0.3, 0.4) is 0 Å². The summed E-state index contributed by atoms with van der Waals surface area (Å²) in [5, 5.41) is 12.7. The fourth-order valence-electron chi connectivity index (χ4n) is 2.61. The van der Waals surface area contributed by atoms with Crippen molar-refractivity contribution in [2.24, 2.45) is 5.92 Å². The third-order valence-corrected chi connectivity index (χ3v) is 3.61. The summed E-state index contributed by atoms with van der Waals surface area (Å²) < 4.78 is 0. The third kappa shape index (κ3) is 3.26. The number of phenols is 1. The van der Waals surface area contributed by atoms with Crippen molar-refractivity contribution in [3.8, 4) is 5.75 Å². The molecule has 17 heavy (non-hydrogen) atoms. The molecule has 2 heteroatoms. The van der Waals surface area contributed by atoms with Crippen molar-refractivity contribution in [2.45, 2.75) is 38.1 Å². The van der Waals surface area contributed by atoms with E-state index in [1.165, 1.54) is 32.1 Å². The molecule has 1 aromatic carbocycles. The van der Waals surface area contributed by atoms with Crippen LogP contribution in [0.25, 0.3) is 0 Å². The van der Waals surface area contributed by atoms with Gasteiger partial charge in [-0.2, -0.15) is 0 Å². The number of hydrogen-bond acceptors (Lipinski definition) is 2. The molecule has 0 bridgehead atoms. The lowest BCUT2D eigenvalue weighted by Gasteiger charge is -2.29. The molecular weight excluding hydrogens is 210 g/mol. The van der Waals surface area contributed by atoms with Crippen molar-refractivity contribution in [3.63, 3.8) is 0 Å². The zero-order chi connectivity index (χ0) is 12.1. The highest BCUT2D eigenvalue weighted by Crippen LogP contribution is 2.29. The van der Waals surface area contributed by atoms with E-state index in [1.54, 1.807) is 12.1 Å². The smallest absolute Gasteiger partial charge is 0.115 e. The SMILES string of the molecule is C=C[C@H](Nc1ccc(O)cc1)C1CCCCC1. The topological polar surface area (TPSA) is 32.3 Å². The van der Waals surface area contributed by atoms with E-state index in [4.69, 9.17) is 0 Å². The molecule has 2 rings (SSSR count). The Balaban J connectivity index is 1.98. The largest absolute Gasteiger partial charge is 0.508 e. The maximum absolute atomic E-state index is 9.25. The van der Waals surface area contributed by atoms with Crippen LogP contribution >= 0.6 is 0 Å². The van der Waals surface area contributed by atoms with E-state index in [9.17, 15) is 5.11 Å². The number of aromatic hydroxyl groups is 1. The lowest BCUT2D eigenvalue weighted by atomic mass is 9.84. The highest BCUT2D eigenvalue weighted by atomic mass is 16.3. The predicted octanol–water partition coefficient (Wildman–Crippen LogP) is 3.94. The maximum Gasteiger partial charge on any atom is 0.115 e. The predicted molar refractivity (Wildman–Crippen MR) is 72.3 cm³/mol. The van der Waals surface area contributed by atoms with Gasteiger partial charge in [-0.1, -0.05) is 25.3 Å². The maximum atomic E-state index is 9.25. The fraction of sp³-hybridized carbons (Fsp3) is 0.467. The van der Waals surface area contributed by atoms with Crippen LogP contribution in [0.1, 0.15) is 32.1 Å². The summed E-state index contributed by atoms with van der Waals surface area (Å²) >= 11 is 0. The van der Waals surface area contributed by atoms with Crippen LogP contribution in [-0.4, -0.2) is 11.1 Å².